The van der Waals surface area contributed by atoms with E-state index in [9.17, 15) is 8.42 Å². The lowest BCUT2D eigenvalue weighted by atomic mass is 10.2. The number of hydrogen-bond donors (Lipinski definition) is 2. The summed E-state index contributed by atoms with van der Waals surface area (Å²) in [4.78, 5) is 0. The van der Waals surface area contributed by atoms with Gasteiger partial charge in [0.1, 0.15) is 5.01 Å². The van der Waals surface area contributed by atoms with Crippen LogP contribution in [0.25, 0.3) is 0 Å². The third kappa shape index (κ3) is 2.86. The fourth-order valence-electron chi connectivity index (χ4n) is 1.47. The number of anilines is 1. The van der Waals surface area contributed by atoms with E-state index in [-0.39, 0.29) is 6.04 Å². The van der Waals surface area contributed by atoms with Crippen LogP contribution in [0.5, 0.6) is 0 Å². The third-order valence-corrected chi connectivity index (χ3v) is 3.72. The molecule has 0 radical (unpaired) electrons. The first-order valence-electron chi connectivity index (χ1n) is 4.59. The van der Waals surface area contributed by atoms with E-state index in [0.29, 0.717) is 5.13 Å². The van der Waals surface area contributed by atoms with E-state index in [1.807, 2.05) is 0 Å². The first-order valence-corrected chi connectivity index (χ1v) is 7.30. The second-order valence-electron chi connectivity index (χ2n) is 3.47. The molecule has 6 nitrogen and oxygen atoms in total. The molecule has 2 N–H and O–H groups in total. The number of nitrogens with one attached hydrogen (secondary N) is 2. The summed E-state index contributed by atoms with van der Waals surface area (Å²) in [5.74, 6) is 0. The van der Waals surface area contributed by atoms with E-state index in [2.05, 4.69) is 20.2 Å². The Morgan fingerprint density at radius 1 is 1.53 bits per heavy atom. The molecule has 0 saturated carbocycles. The molecule has 84 valence electrons. The highest BCUT2D eigenvalue weighted by molar-refractivity contribution is 7.92. The number of rotatable bonds is 3. The van der Waals surface area contributed by atoms with Crippen LogP contribution >= 0.6 is 11.3 Å². The lowest BCUT2D eigenvalue weighted by Gasteiger charge is -2.02. The lowest BCUT2D eigenvalue weighted by Crippen LogP contribution is -2.12. The molecule has 2 rings (SSSR count). The van der Waals surface area contributed by atoms with Crippen LogP contribution in [0.2, 0.25) is 0 Å². The van der Waals surface area contributed by atoms with Gasteiger partial charge in [0.05, 0.1) is 12.3 Å². The Kier molecular flexibility index (Phi) is 2.89. The monoisotopic (exact) mass is 248 g/mol. The molecule has 8 heteroatoms. The van der Waals surface area contributed by atoms with E-state index in [0.717, 1.165) is 30.6 Å². The maximum absolute atomic E-state index is 10.9. The topological polar surface area (TPSA) is 84.0 Å². The van der Waals surface area contributed by atoms with Crippen molar-refractivity contribution < 1.29 is 8.42 Å². The Balaban J connectivity index is 2.10. The van der Waals surface area contributed by atoms with Crippen LogP contribution in [0.15, 0.2) is 0 Å². The highest BCUT2D eigenvalue weighted by atomic mass is 32.2. The molecule has 1 unspecified atom stereocenters. The molecule has 1 aliphatic rings. The maximum atomic E-state index is 10.9. The average molecular weight is 248 g/mol. The number of hydrogen-bond acceptors (Lipinski definition) is 6. The Labute approximate surface area is 92.2 Å². The second-order valence-corrected chi connectivity index (χ2v) is 6.23. The van der Waals surface area contributed by atoms with Crippen LogP contribution in [0, 0.1) is 0 Å². The van der Waals surface area contributed by atoms with Crippen molar-refractivity contribution in [3.05, 3.63) is 5.01 Å². The van der Waals surface area contributed by atoms with Crippen molar-refractivity contribution in [1.29, 1.82) is 0 Å². The highest BCUT2D eigenvalue weighted by Gasteiger charge is 2.20. The van der Waals surface area contributed by atoms with E-state index < -0.39 is 10.0 Å². The first-order chi connectivity index (χ1) is 7.04. The van der Waals surface area contributed by atoms with Crippen molar-refractivity contribution in [3.8, 4) is 0 Å². The molecule has 1 atom stereocenters. The standard InChI is InChI=1S/C7H12N4O2S2/c1-15(12,13)11-7-10-9-6(14-7)5-3-2-4-8-5/h5,8H,2-4H2,1H3,(H,10,11). The van der Waals surface area contributed by atoms with Gasteiger partial charge in [0, 0.05) is 0 Å². The second kappa shape index (κ2) is 4.03. The van der Waals surface area contributed by atoms with Crippen molar-refractivity contribution >= 4 is 26.5 Å². The number of nitrogens with zero attached hydrogens (tertiary/aromatic N) is 2. The van der Waals surface area contributed by atoms with Crippen molar-refractivity contribution in [1.82, 2.24) is 15.5 Å². The quantitative estimate of drug-likeness (QED) is 0.805. The van der Waals surface area contributed by atoms with Gasteiger partial charge in [-0.3, -0.25) is 4.72 Å². The summed E-state index contributed by atoms with van der Waals surface area (Å²) in [6, 6.07) is 0.234. The van der Waals surface area contributed by atoms with Crippen LogP contribution in [-0.2, 0) is 10.0 Å². The van der Waals surface area contributed by atoms with Crippen LogP contribution in [0.3, 0.4) is 0 Å². The van der Waals surface area contributed by atoms with Gasteiger partial charge in [0.25, 0.3) is 0 Å². The Bertz CT molecular complexity index is 436. The molecule has 0 aliphatic carbocycles. The SMILES string of the molecule is CS(=O)(=O)Nc1nnc(C2CCCN2)s1. The average Bonchev–Trinajstić information content (AvgIpc) is 2.68. The molecule has 15 heavy (non-hydrogen) atoms. The third-order valence-electron chi connectivity index (χ3n) is 2.07. The molecule has 0 spiro atoms. The Hall–Kier alpha value is -0.730. The van der Waals surface area contributed by atoms with Gasteiger partial charge in [0.15, 0.2) is 0 Å². The summed E-state index contributed by atoms with van der Waals surface area (Å²) < 4.78 is 24.2. The molecule has 1 aliphatic heterocycles. The number of aromatic nitrogens is 2. The molecule has 1 aromatic heterocycles. The normalized spacial score (nSPS) is 21.8. The van der Waals surface area contributed by atoms with Gasteiger partial charge in [-0.15, -0.1) is 10.2 Å². The minimum atomic E-state index is -3.25. The van der Waals surface area contributed by atoms with E-state index >= 15 is 0 Å². The van der Waals surface area contributed by atoms with Crippen LogP contribution < -0.4 is 10.0 Å². The number of sulfonamides is 1. The molecule has 1 aromatic rings. The fraction of sp³-hybridized carbons (Fsp3) is 0.714. The van der Waals surface area contributed by atoms with Crippen LogP contribution in [0.4, 0.5) is 5.13 Å². The van der Waals surface area contributed by atoms with E-state index in [1.165, 1.54) is 11.3 Å². The van der Waals surface area contributed by atoms with Crippen molar-refractivity contribution in [2.24, 2.45) is 0 Å². The minimum absolute atomic E-state index is 0.234. The Morgan fingerprint density at radius 3 is 2.93 bits per heavy atom. The molecule has 0 amide bonds. The maximum Gasteiger partial charge on any atom is 0.231 e. The van der Waals surface area contributed by atoms with Gasteiger partial charge in [-0.1, -0.05) is 11.3 Å². The van der Waals surface area contributed by atoms with Crippen molar-refractivity contribution in [2.75, 3.05) is 17.5 Å². The summed E-state index contributed by atoms with van der Waals surface area (Å²) in [7, 11) is -3.25. The van der Waals surface area contributed by atoms with Crippen molar-refractivity contribution in [3.63, 3.8) is 0 Å². The minimum Gasteiger partial charge on any atom is -0.308 e. The predicted molar refractivity (Wildman–Crippen MR) is 58.4 cm³/mol. The largest absolute Gasteiger partial charge is 0.308 e. The predicted octanol–water partition coefficient (Wildman–Crippen LogP) is 0.334. The summed E-state index contributed by atoms with van der Waals surface area (Å²) in [5, 5.41) is 12.2. The van der Waals surface area contributed by atoms with Crippen molar-refractivity contribution in [2.45, 2.75) is 18.9 Å². The molecule has 0 bridgehead atoms. The van der Waals surface area contributed by atoms with Gasteiger partial charge < -0.3 is 5.32 Å². The smallest absolute Gasteiger partial charge is 0.231 e. The summed E-state index contributed by atoms with van der Waals surface area (Å²) in [6.07, 6.45) is 3.26. The Morgan fingerprint density at radius 2 is 2.33 bits per heavy atom. The van der Waals surface area contributed by atoms with E-state index in [4.69, 9.17) is 0 Å². The van der Waals surface area contributed by atoms with Crippen LogP contribution in [0.1, 0.15) is 23.9 Å². The van der Waals surface area contributed by atoms with Gasteiger partial charge in [-0.25, -0.2) is 8.42 Å². The van der Waals surface area contributed by atoms with Crippen LogP contribution in [-0.4, -0.2) is 31.4 Å². The van der Waals surface area contributed by atoms with Gasteiger partial charge in [-0.2, -0.15) is 0 Å². The molecular weight excluding hydrogens is 236 g/mol. The highest BCUT2D eigenvalue weighted by Crippen LogP contribution is 2.27. The van der Waals surface area contributed by atoms with Gasteiger partial charge in [0.2, 0.25) is 15.2 Å². The van der Waals surface area contributed by atoms with Gasteiger partial charge >= 0.3 is 0 Å². The van der Waals surface area contributed by atoms with E-state index in [1.54, 1.807) is 0 Å². The summed E-state index contributed by atoms with van der Waals surface area (Å²) >= 11 is 1.28. The first kappa shape index (κ1) is 10.8. The van der Waals surface area contributed by atoms with Gasteiger partial charge in [-0.05, 0) is 19.4 Å². The molecule has 1 fully saturated rings. The zero-order chi connectivity index (χ0) is 10.9. The summed E-state index contributed by atoms with van der Waals surface area (Å²) in [5.41, 5.74) is 0. The zero-order valence-corrected chi connectivity index (χ0v) is 9.86. The summed E-state index contributed by atoms with van der Waals surface area (Å²) in [6.45, 7) is 0.985. The molecule has 0 aromatic carbocycles. The fourth-order valence-corrected chi connectivity index (χ4v) is 3.15. The molecular formula is C7H12N4O2S2. The molecule has 2 heterocycles. The zero-order valence-electron chi connectivity index (χ0n) is 8.23. The molecule has 1 saturated heterocycles. The lowest BCUT2D eigenvalue weighted by molar-refractivity contribution is 0.606.